The maximum Gasteiger partial charge on any atom is 0.303 e. The van der Waals surface area contributed by atoms with Gasteiger partial charge in [0.1, 0.15) is 0 Å². The zero-order valence-corrected chi connectivity index (χ0v) is 16.7. The molecule has 0 saturated carbocycles. The van der Waals surface area contributed by atoms with E-state index in [1.165, 1.54) is 0 Å². The van der Waals surface area contributed by atoms with Crippen molar-refractivity contribution in [1.29, 1.82) is 0 Å². The lowest BCUT2D eigenvalue weighted by Crippen LogP contribution is -2.05. The first-order valence-electron chi connectivity index (χ1n) is 9.13. The van der Waals surface area contributed by atoms with Gasteiger partial charge in [-0.05, 0) is 49.1 Å². The molecule has 3 N–H and O–H groups in total. The normalized spacial score (nSPS) is 15.4. The van der Waals surface area contributed by atoms with Crippen molar-refractivity contribution in [2.45, 2.75) is 26.2 Å². The first-order chi connectivity index (χ1) is 13.7. The number of hydrogen-bond donors (Lipinski definition) is 3. The molecule has 3 rings (SSSR count). The number of H-pyrrole nitrogens is 1. The van der Waals surface area contributed by atoms with Crippen LogP contribution in [0.25, 0.3) is 6.08 Å². The van der Waals surface area contributed by atoms with E-state index in [-0.39, 0.29) is 18.6 Å². The molecular weight excluding hydrogens is 392 g/mol. The van der Waals surface area contributed by atoms with Crippen molar-refractivity contribution in [3.8, 4) is 0 Å². The van der Waals surface area contributed by atoms with Crippen LogP contribution in [0.1, 0.15) is 35.4 Å². The lowest BCUT2D eigenvalue weighted by atomic mass is 10.1. The summed E-state index contributed by atoms with van der Waals surface area (Å²) in [5, 5.41) is 8.86. The minimum absolute atomic E-state index is 0.0335. The van der Waals surface area contributed by atoms with E-state index in [4.69, 9.17) is 9.66 Å². The third-order valence-electron chi connectivity index (χ3n) is 4.58. The molecule has 0 spiro atoms. The fraction of sp³-hybridized carbons (Fsp3) is 0.238. The predicted molar refractivity (Wildman–Crippen MR) is 112 cm³/mol. The van der Waals surface area contributed by atoms with Crippen LogP contribution in [0, 0.1) is 6.92 Å². The zero-order valence-electron chi connectivity index (χ0n) is 15.9. The number of carbonyl (C=O) groups is 1. The van der Waals surface area contributed by atoms with Gasteiger partial charge in [-0.15, -0.1) is 0 Å². The number of aromatic nitrogens is 1. The largest absolute Gasteiger partial charge is 0.481 e. The van der Waals surface area contributed by atoms with Gasteiger partial charge < -0.3 is 10.1 Å². The Kier molecular flexibility index (Phi) is 6.14. The monoisotopic (exact) mass is 414 g/mol. The fourth-order valence-corrected chi connectivity index (χ4v) is 3.58. The number of allylic oxidation sites excluding steroid dienone is 2. The quantitative estimate of drug-likeness (QED) is 0.572. The smallest absolute Gasteiger partial charge is 0.303 e. The van der Waals surface area contributed by atoms with Gasteiger partial charge in [0.2, 0.25) is 0 Å². The SMILES string of the molecule is Cc1cc(CCC(=O)O)[nH]c1C=C1N=C(c2ccccc2)C=C1CCS(=O)(=O)O. The molecule has 0 aliphatic carbocycles. The standard InChI is InChI=1S/C21H22N2O5S/c1-14-11-17(7-8-21(24)25)22-18(14)13-20-16(9-10-29(26,27)28)12-19(23-20)15-5-3-2-4-6-15/h2-6,11-13,22H,7-10H2,1H3,(H,24,25)(H,26,27,28). The number of rotatable bonds is 8. The van der Waals surface area contributed by atoms with E-state index < -0.39 is 16.1 Å². The summed E-state index contributed by atoms with van der Waals surface area (Å²) in [6, 6.07) is 11.4. The molecule has 7 nitrogen and oxygen atoms in total. The van der Waals surface area contributed by atoms with E-state index in [2.05, 4.69) is 9.98 Å². The minimum atomic E-state index is -4.09. The Bertz CT molecular complexity index is 1110. The predicted octanol–water partition coefficient (Wildman–Crippen LogP) is 3.39. The molecule has 152 valence electrons. The van der Waals surface area contributed by atoms with Crippen molar-refractivity contribution in [3.63, 3.8) is 0 Å². The summed E-state index contributed by atoms with van der Waals surface area (Å²) in [5.74, 6) is -1.25. The van der Waals surface area contributed by atoms with Crippen LogP contribution in [0.4, 0.5) is 0 Å². The number of hydrogen-bond acceptors (Lipinski definition) is 4. The number of aromatic amines is 1. The second-order valence-corrected chi connectivity index (χ2v) is 8.46. The molecule has 0 saturated heterocycles. The molecule has 0 fully saturated rings. The van der Waals surface area contributed by atoms with E-state index in [9.17, 15) is 13.2 Å². The second kappa shape index (κ2) is 8.59. The first-order valence-corrected chi connectivity index (χ1v) is 10.7. The van der Waals surface area contributed by atoms with E-state index in [0.29, 0.717) is 17.7 Å². The molecular formula is C21H22N2O5S. The summed E-state index contributed by atoms with van der Waals surface area (Å²) in [4.78, 5) is 18.7. The van der Waals surface area contributed by atoms with Crippen molar-refractivity contribution in [1.82, 2.24) is 4.98 Å². The maximum absolute atomic E-state index is 11.2. The van der Waals surface area contributed by atoms with E-state index in [1.54, 1.807) is 0 Å². The Hall–Kier alpha value is -2.97. The van der Waals surface area contributed by atoms with Gasteiger partial charge in [0.15, 0.2) is 0 Å². The molecule has 2 aromatic rings. The minimum Gasteiger partial charge on any atom is -0.481 e. The number of carboxylic acid groups (broad SMARTS) is 1. The Morgan fingerprint density at radius 2 is 1.93 bits per heavy atom. The molecule has 0 amide bonds. The van der Waals surface area contributed by atoms with Crippen molar-refractivity contribution in [3.05, 3.63) is 76.3 Å². The molecule has 0 atom stereocenters. The van der Waals surface area contributed by atoms with Crippen LogP contribution < -0.4 is 0 Å². The second-order valence-electron chi connectivity index (χ2n) is 6.88. The van der Waals surface area contributed by atoms with Gasteiger partial charge in [0, 0.05) is 17.0 Å². The number of nitrogens with zero attached hydrogens (tertiary/aromatic N) is 1. The highest BCUT2D eigenvalue weighted by Gasteiger charge is 2.19. The number of aryl methyl sites for hydroxylation is 2. The molecule has 1 aromatic carbocycles. The fourth-order valence-electron chi connectivity index (χ4n) is 3.10. The summed E-state index contributed by atoms with van der Waals surface area (Å²) < 4.78 is 31.5. The first kappa shape index (κ1) is 20.8. The van der Waals surface area contributed by atoms with Crippen LogP contribution >= 0.6 is 0 Å². The van der Waals surface area contributed by atoms with Crippen LogP contribution in [-0.4, -0.2) is 40.5 Å². The highest BCUT2D eigenvalue weighted by atomic mass is 32.2. The molecule has 1 aliphatic heterocycles. The van der Waals surface area contributed by atoms with Crippen molar-refractivity contribution in [2.24, 2.45) is 4.99 Å². The third-order valence-corrected chi connectivity index (χ3v) is 5.30. The van der Waals surface area contributed by atoms with Gasteiger partial charge in [0.25, 0.3) is 10.1 Å². The Morgan fingerprint density at radius 3 is 2.59 bits per heavy atom. The van der Waals surface area contributed by atoms with E-state index >= 15 is 0 Å². The molecule has 0 radical (unpaired) electrons. The van der Waals surface area contributed by atoms with Gasteiger partial charge in [-0.2, -0.15) is 8.42 Å². The summed E-state index contributed by atoms with van der Waals surface area (Å²) >= 11 is 0. The van der Waals surface area contributed by atoms with Gasteiger partial charge in [0.05, 0.1) is 23.6 Å². The number of aliphatic carboxylic acids is 1. The highest BCUT2D eigenvalue weighted by molar-refractivity contribution is 7.85. The molecule has 0 bridgehead atoms. The summed E-state index contributed by atoms with van der Waals surface area (Å²) in [6.45, 7) is 1.91. The maximum atomic E-state index is 11.2. The number of nitrogens with one attached hydrogen (secondary N) is 1. The Balaban J connectivity index is 1.92. The highest BCUT2D eigenvalue weighted by Crippen LogP contribution is 2.28. The summed E-state index contributed by atoms with van der Waals surface area (Å²) in [5.41, 5.74) is 5.49. The van der Waals surface area contributed by atoms with Crippen molar-refractivity contribution >= 4 is 27.9 Å². The van der Waals surface area contributed by atoms with Crippen LogP contribution in [0.15, 0.2) is 58.7 Å². The molecule has 1 aliphatic rings. The Morgan fingerprint density at radius 1 is 1.21 bits per heavy atom. The van der Waals surface area contributed by atoms with Crippen LogP contribution in [0.2, 0.25) is 0 Å². The Labute approximate surface area is 169 Å². The third kappa shape index (κ3) is 5.75. The average Bonchev–Trinajstić information content (AvgIpc) is 3.22. The summed E-state index contributed by atoms with van der Waals surface area (Å²) in [6.07, 6.45) is 4.21. The number of benzene rings is 1. The van der Waals surface area contributed by atoms with Gasteiger partial charge in [-0.1, -0.05) is 30.3 Å². The number of aliphatic imine (C=N–C) groups is 1. The van der Waals surface area contributed by atoms with E-state index in [1.807, 2.05) is 55.5 Å². The van der Waals surface area contributed by atoms with Gasteiger partial charge >= 0.3 is 5.97 Å². The van der Waals surface area contributed by atoms with E-state index in [0.717, 1.165) is 28.2 Å². The zero-order chi connectivity index (χ0) is 21.0. The van der Waals surface area contributed by atoms with Crippen LogP contribution in [-0.2, 0) is 21.3 Å². The lowest BCUT2D eigenvalue weighted by molar-refractivity contribution is -0.136. The van der Waals surface area contributed by atoms with Gasteiger partial charge in [-0.3, -0.25) is 9.35 Å². The molecule has 29 heavy (non-hydrogen) atoms. The van der Waals surface area contributed by atoms with Crippen LogP contribution in [0.3, 0.4) is 0 Å². The summed E-state index contributed by atoms with van der Waals surface area (Å²) in [7, 11) is -4.09. The van der Waals surface area contributed by atoms with Crippen LogP contribution in [0.5, 0.6) is 0 Å². The molecule has 0 unspecified atom stereocenters. The van der Waals surface area contributed by atoms with Crippen molar-refractivity contribution < 1.29 is 22.9 Å². The van der Waals surface area contributed by atoms with Crippen molar-refractivity contribution in [2.75, 3.05) is 5.75 Å². The lowest BCUT2D eigenvalue weighted by Gasteiger charge is -2.03. The molecule has 2 heterocycles. The topological polar surface area (TPSA) is 120 Å². The molecule has 1 aromatic heterocycles. The number of carboxylic acids is 1. The average molecular weight is 414 g/mol. The van der Waals surface area contributed by atoms with Gasteiger partial charge in [-0.25, -0.2) is 4.99 Å². The molecule has 8 heteroatoms.